The van der Waals surface area contributed by atoms with Gasteiger partial charge in [0.05, 0.1) is 17.4 Å². The molecule has 0 radical (unpaired) electrons. The normalized spacial score (nSPS) is 14.4. The monoisotopic (exact) mass is 447 g/mol. The summed E-state index contributed by atoms with van der Waals surface area (Å²) in [5, 5.41) is 14.9. The van der Waals surface area contributed by atoms with Gasteiger partial charge in [-0.3, -0.25) is 14.6 Å². The van der Waals surface area contributed by atoms with Gasteiger partial charge < -0.3 is 10.2 Å². The van der Waals surface area contributed by atoms with Gasteiger partial charge in [-0.15, -0.1) is 10.2 Å². The van der Waals surface area contributed by atoms with E-state index in [-0.39, 0.29) is 23.2 Å². The van der Waals surface area contributed by atoms with Gasteiger partial charge in [0.15, 0.2) is 0 Å². The fourth-order valence-electron chi connectivity index (χ4n) is 3.81. The van der Waals surface area contributed by atoms with Crippen LogP contribution in [0.3, 0.4) is 0 Å². The molecule has 1 fully saturated rings. The molecule has 172 valence electrons. The topological polar surface area (TPSA) is 106 Å². The van der Waals surface area contributed by atoms with Crippen LogP contribution in [0.25, 0.3) is 11.1 Å². The van der Waals surface area contributed by atoms with E-state index in [4.69, 9.17) is 0 Å². The van der Waals surface area contributed by atoms with Crippen molar-refractivity contribution in [3.8, 4) is 11.1 Å². The Kier molecular flexibility index (Phi) is 6.22. The lowest BCUT2D eigenvalue weighted by atomic mass is 9.98. The van der Waals surface area contributed by atoms with Crippen molar-refractivity contribution in [1.82, 2.24) is 30.5 Å². The zero-order chi connectivity index (χ0) is 23.6. The average molecular weight is 448 g/mol. The Labute approximate surface area is 193 Å². The maximum absolute atomic E-state index is 12.5. The number of pyridine rings is 1. The van der Waals surface area contributed by atoms with Crippen molar-refractivity contribution < 1.29 is 9.59 Å². The van der Waals surface area contributed by atoms with Crippen molar-refractivity contribution >= 4 is 17.5 Å². The summed E-state index contributed by atoms with van der Waals surface area (Å²) in [5.74, 6) is -0.176. The maximum Gasteiger partial charge on any atom is 0.293 e. The van der Waals surface area contributed by atoms with Crippen LogP contribution < -0.4 is 10.2 Å². The van der Waals surface area contributed by atoms with Crippen molar-refractivity contribution in [1.29, 1.82) is 0 Å². The Bertz CT molecular complexity index is 1180. The minimum absolute atomic E-state index is 0.0480. The second-order valence-electron chi connectivity index (χ2n) is 9.29. The lowest BCUT2D eigenvalue weighted by Gasteiger charge is -2.28. The molecule has 0 unspecified atom stereocenters. The molecule has 1 N–H and O–H groups in total. The van der Waals surface area contributed by atoms with Crippen molar-refractivity contribution in [2.75, 3.05) is 11.4 Å². The summed E-state index contributed by atoms with van der Waals surface area (Å²) in [6, 6.07) is 8.02. The Hall–Kier alpha value is -3.62. The highest BCUT2D eigenvalue weighted by atomic mass is 16.2. The first-order valence-electron chi connectivity index (χ1n) is 11.2. The molecule has 4 rings (SSSR count). The average Bonchev–Trinajstić information content (AvgIpc) is 3.30. The number of tetrazole rings is 1. The zero-order valence-electron chi connectivity index (χ0n) is 19.5. The molecule has 9 nitrogen and oxygen atoms in total. The molecule has 33 heavy (non-hydrogen) atoms. The van der Waals surface area contributed by atoms with Crippen LogP contribution in [-0.2, 0) is 16.9 Å². The zero-order valence-corrected chi connectivity index (χ0v) is 19.5. The van der Waals surface area contributed by atoms with E-state index in [2.05, 4.69) is 31.8 Å². The van der Waals surface area contributed by atoms with Crippen LogP contribution in [0, 0.1) is 6.92 Å². The molecule has 0 saturated carbocycles. The van der Waals surface area contributed by atoms with Gasteiger partial charge in [-0.05, 0) is 68.5 Å². The number of aromatic nitrogens is 5. The fraction of sp³-hybridized carbons (Fsp3) is 0.417. The van der Waals surface area contributed by atoms with E-state index in [0.29, 0.717) is 19.5 Å². The van der Waals surface area contributed by atoms with Crippen LogP contribution in [0.1, 0.15) is 61.8 Å². The molecular formula is C24H29N7O2. The number of hydrogen-bond donors (Lipinski definition) is 1. The number of aryl methyl sites for hydroxylation is 1. The summed E-state index contributed by atoms with van der Waals surface area (Å²) in [4.78, 5) is 32.5. The number of hydrogen-bond acceptors (Lipinski definition) is 6. The van der Waals surface area contributed by atoms with Gasteiger partial charge in [0, 0.05) is 31.3 Å². The van der Waals surface area contributed by atoms with Gasteiger partial charge in [0.25, 0.3) is 11.7 Å². The van der Waals surface area contributed by atoms with E-state index < -0.39 is 0 Å². The number of amides is 2. The van der Waals surface area contributed by atoms with Crippen molar-refractivity contribution in [3.05, 3.63) is 53.6 Å². The molecule has 0 spiro atoms. The van der Waals surface area contributed by atoms with E-state index in [0.717, 1.165) is 40.8 Å². The number of nitrogens with one attached hydrogen (secondary N) is 1. The quantitative estimate of drug-likeness (QED) is 0.644. The van der Waals surface area contributed by atoms with Crippen molar-refractivity contribution in [3.63, 3.8) is 0 Å². The molecule has 9 heteroatoms. The largest absolute Gasteiger partial charge is 0.345 e. The number of piperidine rings is 1. The second-order valence-corrected chi connectivity index (χ2v) is 9.29. The van der Waals surface area contributed by atoms with Crippen LogP contribution >= 0.6 is 0 Å². The molecule has 0 atom stereocenters. The number of benzene rings is 1. The van der Waals surface area contributed by atoms with Crippen LogP contribution in [-0.4, -0.2) is 43.6 Å². The fourth-order valence-corrected chi connectivity index (χ4v) is 3.81. The van der Waals surface area contributed by atoms with Crippen LogP contribution in [0.2, 0.25) is 0 Å². The smallest absolute Gasteiger partial charge is 0.293 e. The minimum Gasteiger partial charge on any atom is -0.345 e. The Morgan fingerprint density at radius 3 is 2.70 bits per heavy atom. The SMILES string of the molecule is Cc1cc(-c2ccncc2N2CCCCC2=O)ccc1CNC(=O)c1nnn(C(C)(C)C)n1. The second kappa shape index (κ2) is 9.09. The summed E-state index contributed by atoms with van der Waals surface area (Å²) in [6.07, 6.45) is 6.02. The van der Waals surface area contributed by atoms with E-state index in [1.54, 1.807) is 12.4 Å². The third kappa shape index (κ3) is 4.92. The van der Waals surface area contributed by atoms with E-state index in [1.165, 1.54) is 4.80 Å². The molecule has 1 aliphatic rings. The highest BCUT2D eigenvalue weighted by Crippen LogP contribution is 2.33. The summed E-state index contributed by atoms with van der Waals surface area (Å²) >= 11 is 0. The van der Waals surface area contributed by atoms with Gasteiger partial charge in [-0.1, -0.05) is 18.2 Å². The highest BCUT2D eigenvalue weighted by Gasteiger charge is 2.23. The molecule has 0 aliphatic carbocycles. The van der Waals surface area contributed by atoms with Crippen LogP contribution in [0.15, 0.2) is 36.7 Å². The molecule has 2 amide bonds. The predicted molar refractivity (Wildman–Crippen MR) is 125 cm³/mol. The Morgan fingerprint density at radius 2 is 2.00 bits per heavy atom. The lowest BCUT2D eigenvalue weighted by molar-refractivity contribution is -0.119. The summed E-state index contributed by atoms with van der Waals surface area (Å²) in [7, 11) is 0. The predicted octanol–water partition coefficient (Wildman–Crippen LogP) is 3.25. The number of rotatable bonds is 5. The highest BCUT2D eigenvalue weighted by molar-refractivity contribution is 5.98. The van der Waals surface area contributed by atoms with E-state index in [1.807, 2.05) is 50.8 Å². The van der Waals surface area contributed by atoms with Gasteiger partial charge in [0.1, 0.15) is 0 Å². The first kappa shape index (κ1) is 22.6. The first-order valence-corrected chi connectivity index (χ1v) is 11.2. The number of carbonyl (C=O) groups excluding carboxylic acids is 2. The maximum atomic E-state index is 12.5. The minimum atomic E-state index is -0.367. The third-order valence-electron chi connectivity index (χ3n) is 5.72. The molecule has 3 heterocycles. The molecule has 1 aliphatic heterocycles. The summed E-state index contributed by atoms with van der Waals surface area (Å²) < 4.78 is 0. The van der Waals surface area contributed by atoms with Gasteiger partial charge in [-0.25, -0.2) is 0 Å². The van der Waals surface area contributed by atoms with Gasteiger partial charge in [-0.2, -0.15) is 4.80 Å². The third-order valence-corrected chi connectivity index (χ3v) is 5.72. The molecule has 1 aromatic carbocycles. The summed E-state index contributed by atoms with van der Waals surface area (Å²) in [5.41, 5.74) is 4.50. The van der Waals surface area contributed by atoms with Gasteiger partial charge in [0.2, 0.25) is 5.91 Å². The van der Waals surface area contributed by atoms with Crippen molar-refractivity contribution in [2.45, 2.75) is 59.0 Å². The molecular weight excluding hydrogens is 418 g/mol. The molecule has 2 aromatic heterocycles. The van der Waals surface area contributed by atoms with Crippen LogP contribution in [0.4, 0.5) is 5.69 Å². The summed E-state index contributed by atoms with van der Waals surface area (Å²) in [6.45, 7) is 8.90. The Morgan fingerprint density at radius 1 is 1.18 bits per heavy atom. The van der Waals surface area contributed by atoms with Crippen molar-refractivity contribution in [2.24, 2.45) is 0 Å². The number of carbonyl (C=O) groups is 2. The molecule has 0 bridgehead atoms. The molecule has 3 aromatic rings. The van der Waals surface area contributed by atoms with E-state index >= 15 is 0 Å². The number of anilines is 1. The van der Waals surface area contributed by atoms with E-state index in [9.17, 15) is 9.59 Å². The first-order chi connectivity index (χ1) is 15.7. The standard InChI is InChI=1S/C24H29N7O2/c1-16-13-17(19-10-11-25-15-20(19)30-12-6-5-7-21(30)32)8-9-18(16)14-26-23(33)22-27-29-31(28-22)24(2,3)4/h8-11,13,15H,5-7,12,14H2,1-4H3,(H,26,33). The molecule has 1 saturated heterocycles. The Balaban J connectivity index is 1.50. The van der Waals surface area contributed by atoms with Gasteiger partial charge >= 0.3 is 0 Å². The van der Waals surface area contributed by atoms with Crippen LogP contribution in [0.5, 0.6) is 0 Å². The number of nitrogens with zero attached hydrogens (tertiary/aromatic N) is 6. The lowest BCUT2D eigenvalue weighted by Crippen LogP contribution is -2.35.